The standard InChI is InChI=1S/C10H13NO2/c1-5-3-6(2)9-7(5)4-8(12)10(13)11-9/h5-6H,3-4H2,1-2H3,(H,11,13). The van der Waals surface area contributed by atoms with Gasteiger partial charge in [-0.25, -0.2) is 0 Å². The molecule has 1 aliphatic carbocycles. The second-order valence-corrected chi connectivity index (χ2v) is 4.03. The molecule has 3 heteroatoms. The number of carbonyl (C=O) groups excluding carboxylic acids is 2. The van der Waals surface area contributed by atoms with E-state index in [0.717, 1.165) is 17.7 Å². The van der Waals surface area contributed by atoms with Crippen LogP contribution in [0, 0.1) is 11.8 Å². The predicted molar refractivity (Wildman–Crippen MR) is 47.7 cm³/mol. The van der Waals surface area contributed by atoms with Crippen molar-refractivity contribution in [1.82, 2.24) is 5.32 Å². The van der Waals surface area contributed by atoms with Crippen molar-refractivity contribution in [3.63, 3.8) is 0 Å². The van der Waals surface area contributed by atoms with Crippen molar-refractivity contribution in [2.75, 3.05) is 0 Å². The average Bonchev–Trinajstić information content (AvgIpc) is 2.31. The van der Waals surface area contributed by atoms with E-state index < -0.39 is 5.91 Å². The van der Waals surface area contributed by atoms with Crippen LogP contribution in [0.1, 0.15) is 26.7 Å². The van der Waals surface area contributed by atoms with Crippen LogP contribution in [0.3, 0.4) is 0 Å². The first-order valence-corrected chi connectivity index (χ1v) is 4.66. The fraction of sp³-hybridized carbons (Fsp3) is 0.600. The molecule has 0 aromatic heterocycles. The summed E-state index contributed by atoms with van der Waals surface area (Å²) in [5.74, 6) is 0.135. The van der Waals surface area contributed by atoms with E-state index in [2.05, 4.69) is 19.2 Å². The summed E-state index contributed by atoms with van der Waals surface area (Å²) in [6.45, 7) is 4.21. The highest BCUT2D eigenvalue weighted by atomic mass is 16.2. The summed E-state index contributed by atoms with van der Waals surface area (Å²) in [5.41, 5.74) is 2.16. The van der Waals surface area contributed by atoms with Crippen LogP contribution in [0.2, 0.25) is 0 Å². The van der Waals surface area contributed by atoms with Crippen molar-refractivity contribution in [2.24, 2.45) is 11.8 Å². The Morgan fingerprint density at radius 1 is 1.23 bits per heavy atom. The maximum Gasteiger partial charge on any atom is 0.291 e. The number of ketones is 1. The van der Waals surface area contributed by atoms with Gasteiger partial charge in [0.15, 0.2) is 0 Å². The van der Waals surface area contributed by atoms with Crippen LogP contribution in [0.25, 0.3) is 0 Å². The Bertz CT molecular complexity index is 287. The highest BCUT2D eigenvalue weighted by molar-refractivity contribution is 6.37. The van der Waals surface area contributed by atoms with Gasteiger partial charge < -0.3 is 5.32 Å². The third kappa shape index (κ3) is 1.19. The van der Waals surface area contributed by atoms with Gasteiger partial charge in [0.2, 0.25) is 5.78 Å². The second-order valence-electron chi connectivity index (χ2n) is 4.03. The smallest absolute Gasteiger partial charge is 0.291 e. The number of allylic oxidation sites excluding steroid dienone is 2. The van der Waals surface area contributed by atoms with Gasteiger partial charge in [-0.05, 0) is 23.8 Å². The van der Waals surface area contributed by atoms with E-state index in [0.29, 0.717) is 18.3 Å². The summed E-state index contributed by atoms with van der Waals surface area (Å²) in [4.78, 5) is 22.2. The number of hydrogen-bond donors (Lipinski definition) is 1. The van der Waals surface area contributed by atoms with Crippen molar-refractivity contribution >= 4 is 11.7 Å². The lowest BCUT2D eigenvalue weighted by Crippen LogP contribution is -2.36. The predicted octanol–water partition coefficient (Wildman–Crippen LogP) is 1.01. The third-order valence-corrected chi connectivity index (χ3v) is 2.99. The van der Waals surface area contributed by atoms with Crippen LogP contribution in [-0.4, -0.2) is 11.7 Å². The van der Waals surface area contributed by atoms with Crippen molar-refractivity contribution < 1.29 is 9.59 Å². The summed E-state index contributed by atoms with van der Waals surface area (Å²) in [7, 11) is 0. The van der Waals surface area contributed by atoms with Crippen molar-refractivity contribution in [2.45, 2.75) is 26.7 Å². The minimum Gasteiger partial charge on any atom is -0.323 e. The highest BCUT2D eigenvalue weighted by Crippen LogP contribution is 2.38. The van der Waals surface area contributed by atoms with Gasteiger partial charge in [0.05, 0.1) is 0 Å². The molecule has 70 valence electrons. The molecule has 1 aliphatic heterocycles. The largest absolute Gasteiger partial charge is 0.323 e. The van der Waals surface area contributed by atoms with E-state index in [1.807, 2.05) is 0 Å². The molecule has 2 atom stereocenters. The maximum atomic E-state index is 11.1. The molecule has 0 aromatic carbocycles. The van der Waals surface area contributed by atoms with Gasteiger partial charge in [-0.15, -0.1) is 0 Å². The Morgan fingerprint density at radius 2 is 1.92 bits per heavy atom. The van der Waals surface area contributed by atoms with Gasteiger partial charge >= 0.3 is 0 Å². The van der Waals surface area contributed by atoms with Gasteiger partial charge in [-0.2, -0.15) is 0 Å². The van der Waals surface area contributed by atoms with Crippen LogP contribution in [0.15, 0.2) is 11.3 Å². The Morgan fingerprint density at radius 3 is 2.62 bits per heavy atom. The minimum atomic E-state index is -0.431. The molecule has 2 aliphatic rings. The molecule has 2 unspecified atom stereocenters. The number of hydrogen-bond acceptors (Lipinski definition) is 2. The quantitative estimate of drug-likeness (QED) is 0.564. The van der Waals surface area contributed by atoms with Crippen LogP contribution in [0.4, 0.5) is 0 Å². The fourth-order valence-electron chi connectivity index (χ4n) is 2.29. The van der Waals surface area contributed by atoms with E-state index in [1.165, 1.54) is 0 Å². The summed E-state index contributed by atoms with van der Waals surface area (Å²) < 4.78 is 0. The summed E-state index contributed by atoms with van der Waals surface area (Å²) in [6.07, 6.45) is 1.39. The van der Waals surface area contributed by atoms with Gasteiger partial charge in [-0.1, -0.05) is 13.8 Å². The molecule has 0 aromatic rings. The highest BCUT2D eigenvalue weighted by Gasteiger charge is 2.35. The van der Waals surface area contributed by atoms with Crippen LogP contribution in [-0.2, 0) is 9.59 Å². The lowest BCUT2D eigenvalue weighted by Gasteiger charge is -2.17. The van der Waals surface area contributed by atoms with Gasteiger partial charge in [0.25, 0.3) is 5.91 Å². The minimum absolute atomic E-state index is 0.292. The molecule has 1 N–H and O–H groups in total. The zero-order valence-electron chi connectivity index (χ0n) is 7.89. The van der Waals surface area contributed by atoms with Crippen LogP contribution < -0.4 is 5.32 Å². The number of rotatable bonds is 0. The summed E-state index contributed by atoms with van der Waals surface area (Å²) >= 11 is 0. The van der Waals surface area contributed by atoms with Crippen molar-refractivity contribution in [3.05, 3.63) is 11.3 Å². The van der Waals surface area contributed by atoms with E-state index in [1.54, 1.807) is 0 Å². The number of nitrogens with one attached hydrogen (secondary N) is 1. The SMILES string of the molecule is CC1CC(C)C2=C1CC(=O)C(=O)N2. The Labute approximate surface area is 77.2 Å². The second kappa shape index (κ2) is 2.69. The molecule has 1 heterocycles. The van der Waals surface area contributed by atoms with E-state index in [-0.39, 0.29) is 5.78 Å². The average molecular weight is 179 g/mol. The monoisotopic (exact) mass is 179 g/mol. The molecule has 0 saturated heterocycles. The first-order valence-electron chi connectivity index (χ1n) is 4.66. The van der Waals surface area contributed by atoms with Gasteiger partial charge in [0.1, 0.15) is 0 Å². The fourth-order valence-corrected chi connectivity index (χ4v) is 2.29. The Kier molecular flexibility index (Phi) is 1.75. The molecule has 0 saturated carbocycles. The van der Waals surface area contributed by atoms with E-state index in [4.69, 9.17) is 0 Å². The van der Waals surface area contributed by atoms with Gasteiger partial charge in [0, 0.05) is 12.1 Å². The van der Waals surface area contributed by atoms with Crippen LogP contribution >= 0.6 is 0 Å². The zero-order chi connectivity index (χ0) is 9.59. The first-order chi connectivity index (χ1) is 6.09. The third-order valence-electron chi connectivity index (χ3n) is 2.99. The van der Waals surface area contributed by atoms with Crippen LogP contribution in [0.5, 0.6) is 0 Å². The lowest BCUT2D eigenvalue weighted by molar-refractivity contribution is -0.137. The van der Waals surface area contributed by atoms with Gasteiger partial charge in [-0.3, -0.25) is 9.59 Å². The molecule has 2 rings (SSSR count). The molecular weight excluding hydrogens is 166 g/mol. The van der Waals surface area contributed by atoms with E-state index in [9.17, 15) is 9.59 Å². The topological polar surface area (TPSA) is 46.2 Å². The molecule has 0 radical (unpaired) electrons. The molecular formula is C10H13NO2. The Balaban J connectivity index is 2.35. The van der Waals surface area contributed by atoms with Crippen molar-refractivity contribution in [3.8, 4) is 0 Å². The molecule has 1 amide bonds. The lowest BCUT2D eigenvalue weighted by atomic mass is 9.97. The van der Waals surface area contributed by atoms with Crippen molar-refractivity contribution in [1.29, 1.82) is 0 Å². The molecule has 0 bridgehead atoms. The maximum absolute atomic E-state index is 11.1. The van der Waals surface area contributed by atoms with E-state index >= 15 is 0 Å². The normalized spacial score (nSPS) is 33.4. The number of amides is 1. The summed E-state index contributed by atoms with van der Waals surface area (Å²) in [5, 5.41) is 2.70. The Hall–Kier alpha value is -1.12. The number of Topliss-reactive ketones (excluding diaryl/α,β-unsaturated/α-hetero) is 1. The summed E-state index contributed by atoms with van der Waals surface area (Å²) in [6, 6.07) is 0. The molecule has 3 nitrogen and oxygen atoms in total. The zero-order valence-corrected chi connectivity index (χ0v) is 7.89. The number of carbonyl (C=O) groups is 2. The molecule has 0 spiro atoms. The molecule has 0 fully saturated rings. The molecule has 13 heavy (non-hydrogen) atoms. The first kappa shape index (κ1) is 8.48.